The molecule has 1 aromatic heterocycles. The fourth-order valence-corrected chi connectivity index (χ4v) is 4.28. The normalized spacial score (nSPS) is 14.5. The van der Waals surface area contributed by atoms with Crippen molar-refractivity contribution in [3.8, 4) is 11.3 Å². The summed E-state index contributed by atoms with van der Waals surface area (Å²) in [4.78, 5) is 34.3. The van der Waals surface area contributed by atoms with E-state index in [0.29, 0.717) is 31.7 Å². The van der Waals surface area contributed by atoms with E-state index in [0.717, 1.165) is 32.2 Å². The van der Waals surface area contributed by atoms with Crippen LogP contribution >= 0.6 is 15.9 Å². The van der Waals surface area contributed by atoms with Gasteiger partial charge in [0.2, 0.25) is 0 Å². The molecule has 1 fully saturated rings. The quantitative estimate of drug-likeness (QED) is 0.446. The molecule has 1 aliphatic rings. The molecule has 0 radical (unpaired) electrons. The number of nitrogens with zero attached hydrogens (tertiary/aromatic N) is 3. The van der Waals surface area contributed by atoms with Crippen molar-refractivity contribution in [3.63, 3.8) is 0 Å². The van der Waals surface area contributed by atoms with E-state index >= 15 is 0 Å². The molecule has 172 valence electrons. The van der Waals surface area contributed by atoms with Gasteiger partial charge >= 0.3 is 6.09 Å². The van der Waals surface area contributed by atoms with E-state index in [1.807, 2.05) is 70.2 Å². The van der Waals surface area contributed by atoms with Crippen molar-refractivity contribution in [2.75, 3.05) is 26.2 Å². The Morgan fingerprint density at radius 1 is 0.970 bits per heavy atom. The van der Waals surface area contributed by atoms with Gasteiger partial charge in [0.15, 0.2) is 0 Å². The van der Waals surface area contributed by atoms with Crippen LogP contribution < -0.4 is 0 Å². The molecular weight excluding hydrogens is 482 g/mol. The molecule has 1 saturated heterocycles. The van der Waals surface area contributed by atoms with Gasteiger partial charge in [0, 0.05) is 41.6 Å². The SMILES string of the molecule is Cc1cccc(-c2cc(C(=O)N3CCN(C(=O)OC(C)(C)C)CC3)c3cc(Br)ccc3n2)c1. The van der Waals surface area contributed by atoms with Crippen LogP contribution in [-0.4, -0.2) is 58.6 Å². The molecule has 0 saturated carbocycles. The van der Waals surface area contributed by atoms with Crippen LogP contribution in [0.4, 0.5) is 4.79 Å². The third-order valence-corrected chi connectivity index (χ3v) is 6.03. The summed E-state index contributed by atoms with van der Waals surface area (Å²) in [5.74, 6) is -0.0572. The zero-order valence-electron chi connectivity index (χ0n) is 19.4. The number of amides is 2. The Kier molecular flexibility index (Phi) is 6.43. The van der Waals surface area contributed by atoms with Gasteiger partial charge in [-0.1, -0.05) is 39.7 Å². The van der Waals surface area contributed by atoms with Crippen molar-refractivity contribution in [2.24, 2.45) is 0 Å². The zero-order valence-corrected chi connectivity index (χ0v) is 21.0. The molecule has 1 aliphatic heterocycles. The maximum Gasteiger partial charge on any atom is 0.410 e. The summed E-state index contributed by atoms with van der Waals surface area (Å²) < 4.78 is 6.37. The van der Waals surface area contributed by atoms with Crippen molar-refractivity contribution in [3.05, 3.63) is 64.1 Å². The first-order valence-corrected chi connectivity index (χ1v) is 11.8. The molecular formula is C26H28BrN3O3. The summed E-state index contributed by atoms with van der Waals surface area (Å²) in [5, 5.41) is 0.806. The number of halogens is 1. The van der Waals surface area contributed by atoms with Gasteiger partial charge in [0.05, 0.1) is 16.8 Å². The highest BCUT2D eigenvalue weighted by Crippen LogP contribution is 2.29. The molecule has 0 unspecified atom stereocenters. The van der Waals surface area contributed by atoms with Gasteiger partial charge in [-0.05, 0) is 58.0 Å². The minimum atomic E-state index is -0.542. The van der Waals surface area contributed by atoms with Crippen LogP contribution in [-0.2, 0) is 4.74 Å². The third kappa shape index (κ3) is 5.36. The first-order chi connectivity index (χ1) is 15.6. The molecule has 6 nitrogen and oxygen atoms in total. The fraction of sp³-hybridized carbons (Fsp3) is 0.346. The number of aromatic nitrogens is 1. The molecule has 2 heterocycles. The van der Waals surface area contributed by atoms with E-state index in [2.05, 4.69) is 22.0 Å². The number of fused-ring (bicyclic) bond motifs is 1. The van der Waals surface area contributed by atoms with E-state index in [4.69, 9.17) is 9.72 Å². The molecule has 0 spiro atoms. The summed E-state index contributed by atoms with van der Waals surface area (Å²) in [6, 6.07) is 15.8. The number of benzene rings is 2. The molecule has 7 heteroatoms. The van der Waals surface area contributed by atoms with Gasteiger partial charge in [0.25, 0.3) is 5.91 Å². The lowest BCUT2D eigenvalue weighted by Crippen LogP contribution is -2.51. The summed E-state index contributed by atoms with van der Waals surface area (Å²) >= 11 is 3.52. The monoisotopic (exact) mass is 509 g/mol. The lowest BCUT2D eigenvalue weighted by atomic mass is 10.0. The van der Waals surface area contributed by atoms with E-state index in [1.165, 1.54) is 0 Å². The number of carbonyl (C=O) groups excluding carboxylic acids is 2. The number of ether oxygens (including phenoxy) is 1. The number of aryl methyl sites for hydroxylation is 1. The van der Waals surface area contributed by atoms with Crippen LogP contribution in [0.25, 0.3) is 22.2 Å². The van der Waals surface area contributed by atoms with E-state index in [9.17, 15) is 9.59 Å². The topological polar surface area (TPSA) is 62.7 Å². The van der Waals surface area contributed by atoms with Gasteiger partial charge in [-0.15, -0.1) is 0 Å². The molecule has 2 amide bonds. The number of rotatable bonds is 2. The Morgan fingerprint density at radius 3 is 2.33 bits per heavy atom. The summed E-state index contributed by atoms with van der Waals surface area (Å²) in [7, 11) is 0. The zero-order chi connectivity index (χ0) is 23.8. The maximum absolute atomic E-state index is 13.6. The van der Waals surface area contributed by atoms with Crippen LogP contribution in [0, 0.1) is 6.92 Å². The number of hydrogen-bond acceptors (Lipinski definition) is 4. The average Bonchev–Trinajstić information content (AvgIpc) is 2.77. The third-order valence-electron chi connectivity index (χ3n) is 5.53. The fourth-order valence-electron chi connectivity index (χ4n) is 3.92. The number of pyridine rings is 1. The highest BCUT2D eigenvalue weighted by Gasteiger charge is 2.29. The maximum atomic E-state index is 13.6. The highest BCUT2D eigenvalue weighted by atomic mass is 79.9. The molecule has 0 aliphatic carbocycles. The molecule has 4 rings (SSSR count). The minimum absolute atomic E-state index is 0.0572. The molecule has 0 N–H and O–H groups in total. The van der Waals surface area contributed by atoms with Crippen LogP contribution in [0.15, 0.2) is 53.0 Å². The van der Waals surface area contributed by atoms with Gasteiger partial charge < -0.3 is 14.5 Å². The smallest absolute Gasteiger partial charge is 0.410 e. The predicted octanol–water partition coefficient (Wildman–Crippen LogP) is 5.67. The van der Waals surface area contributed by atoms with E-state index in [-0.39, 0.29) is 12.0 Å². The largest absolute Gasteiger partial charge is 0.444 e. The number of carbonyl (C=O) groups is 2. The highest BCUT2D eigenvalue weighted by molar-refractivity contribution is 9.10. The average molecular weight is 510 g/mol. The Bertz CT molecular complexity index is 1210. The van der Waals surface area contributed by atoms with Gasteiger partial charge in [-0.25, -0.2) is 9.78 Å². The first kappa shape index (κ1) is 23.2. The Hall–Kier alpha value is -2.93. The summed E-state index contributed by atoms with van der Waals surface area (Å²) in [6.07, 6.45) is -0.338. The van der Waals surface area contributed by atoms with Crippen LogP contribution in [0.5, 0.6) is 0 Å². The number of hydrogen-bond donors (Lipinski definition) is 0. The molecule has 33 heavy (non-hydrogen) atoms. The molecule has 3 aromatic rings. The van der Waals surface area contributed by atoms with Crippen molar-refractivity contribution < 1.29 is 14.3 Å². The van der Waals surface area contributed by atoms with E-state index in [1.54, 1.807) is 9.80 Å². The standard InChI is InChI=1S/C26H28BrN3O3/c1-17-6-5-7-18(14-17)23-16-21(20-15-19(27)8-9-22(20)28-23)24(31)29-10-12-30(13-11-29)25(32)33-26(2,3)4/h5-9,14-16H,10-13H2,1-4H3. The predicted molar refractivity (Wildman–Crippen MR) is 133 cm³/mol. The van der Waals surface area contributed by atoms with Gasteiger partial charge in [-0.3, -0.25) is 4.79 Å². The van der Waals surface area contributed by atoms with Crippen LogP contribution in [0.1, 0.15) is 36.7 Å². The minimum Gasteiger partial charge on any atom is -0.444 e. The number of piperazine rings is 1. The van der Waals surface area contributed by atoms with Crippen LogP contribution in [0.3, 0.4) is 0 Å². The van der Waals surface area contributed by atoms with Gasteiger partial charge in [0.1, 0.15) is 5.60 Å². The van der Waals surface area contributed by atoms with Crippen LogP contribution in [0.2, 0.25) is 0 Å². The van der Waals surface area contributed by atoms with Gasteiger partial charge in [-0.2, -0.15) is 0 Å². The first-order valence-electron chi connectivity index (χ1n) is 11.1. The van der Waals surface area contributed by atoms with Crippen molar-refractivity contribution >= 4 is 38.8 Å². The second kappa shape index (κ2) is 9.14. The molecule has 2 aromatic carbocycles. The second-order valence-corrected chi connectivity index (χ2v) is 10.3. The lowest BCUT2D eigenvalue weighted by molar-refractivity contribution is 0.0141. The van der Waals surface area contributed by atoms with Crippen molar-refractivity contribution in [1.82, 2.24) is 14.8 Å². The second-order valence-electron chi connectivity index (χ2n) is 9.35. The Morgan fingerprint density at radius 2 is 1.67 bits per heavy atom. The summed E-state index contributed by atoms with van der Waals surface area (Å²) in [6.45, 7) is 9.38. The van der Waals surface area contributed by atoms with Crippen molar-refractivity contribution in [2.45, 2.75) is 33.3 Å². The Labute approximate surface area is 202 Å². The molecule has 0 bridgehead atoms. The summed E-state index contributed by atoms with van der Waals surface area (Å²) in [5.41, 5.74) is 3.72. The molecule has 0 atom stereocenters. The lowest BCUT2D eigenvalue weighted by Gasteiger charge is -2.35. The van der Waals surface area contributed by atoms with Crippen molar-refractivity contribution in [1.29, 1.82) is 0 Å². The van der Waals surface area contributed by atoms with E-state index < -0.39 is 5.60 Å². The Balaban J connectivity index is 1.63.